The van der Waals surface area contributed by atoms with Crippen LogP contribution in [0.5, 0.6) is 0 Å². The molecule has 94 valence electrons. The molecular formula is C15H15BrClN. The van der Waals surface area contributed by atoms with Gasteiger partial charge in [-0.2, -0.15) is 0 Å². The molecule has 3 heteroatoms. The minimum Gasteiger partial charge on any atom is -0.309 e. The summed E-state index contributed by atoms with van der Waals surface area (Å²) in [4.78, 5) is 0. The van der Waals surface area contributed by atoms with Crippen LogP contribution < -0.4 is 5.32 Å². The van der Waals surface area contributed by atoms with Gasteiger partial charge in [-0.05, 0) is 58.7 Å². The summed E-state index contributed by atoms with van der Waals surface area (Å²) in [5, 5.41) is 4.09. The molecule has 0 radical (unpaired) electrons. The van der Waals surface area contributed by atoms with E-state index in [1.54, 1.807) is 0 Å². The summed E-state index contributed by atoms with van der Waals surface area (Å²) in [6, 6.07) is 14.6. The number of rotatable bonds is 3. The van der Waals surface area contributed by atoms with E-state index in [9.17, 15) is 0 Å². The molecule has 0 aliphatic carbocycles. The van der Waals surface area contributed by atoms with Crippen molar-refractivity contribution in [1.29, 1.82) is 0 Å². The highest BCUT2D eigenvalue weighted by atomic mass is 79.9. The van der Waals surface area contributed by atoms with E-state index in [1.165, 1.54) is 16.7 Å². The van der Waals surface area contributed by atoms with Crippen molar-refractivity contribution in [3.05, 3.63) is 68.7 Å². The van der Waals surface area contributed by atoms with Crippen molar-refractivity contribution in [3.8, 4) is 0 Å². The van der Waals surface area contributed by atoms with Crippen molar-refractivity contribution in [3.63, 3.8) is 0 Å². The van der Waals surface area contributed by atoms with Crippen LogP contribution in [0.4, 0.5) is 0 Å². The highest BCUT2D eigenvalue weighted by Crippen LogP contribution is 2.30. The lowest BCUT2D eigenvalue weighted by Gasteiger charge is -2.19. The lowest BCUT2D eigenvalue weighted by molar-refractivity contribution is 0.687. The molecule has 0 fully saturated rings. The van der Waals surface area contributed by atoms with Crippen molar-refractivity contribution >= 4 is 27.5 Å². The molecule has 18 heavy (non-hydrogen) atoms. The average Bonchev–Trinajstić information content (AvgIpc) is 2.37. The van der Waals surface area contributed by atoms with Crippen LogP contribution in [0.1, 0.15) is 22.7 Å². The second kappa shape index (κ2) is 5.87. The van der Waals surface area contributed by atoms with Gasteiger partial charge in [-0.3, -0.25) is 0 Å². The minimum atomic E-state index is 0.164. The molecule has 2 rings (SSSR count). The molecule has 0 aromatic heterocycles. The molecule has 0 amide bonds. The first-order chi connectivity index (χ1) is 8.63. The number of hydrogen-bond acceptors (Lipinski definition) is 1. The maximum atomic E-state index is 6.17. The van der Waals surface area contributed by atoms with Crippen LogP contribution in [0.2, 0.25) is 5.02 Å². The largest absolute Gasteiger partial charge is 0.309 e. The Morgan fingerprint density at radius 1 is 1.17 bits per heavy atom. The molecule has 0 saturated heterocycles. The molecule has 0 aliphatic rings. The van der Waals surface area contributed by atoms with Crippen LogP contribution in [-0.4, -0.2) is 7.05 Å². The van der Waals surface area contributed by atoms with Gasteiger partial charge in [0.2, 0.25) is 0 Å². The summed E-state index contributed by atoms with van der Waals surface area (Å²) >= 11 is 9.59. The predicted molar refractivity (Wildman–Crippen MR) is 81.2 cm³/mol. The van der Waals surface area contributed by atoms with E-state index in [0.717, 1.165) is 9.50 Å². The number of benzene rings is 2. The molecule has 1 nitrogen and oxygen atoms in total. The van der Waals surface area contributed by atoms with Gasteiger partial charge in [-0.25, -0.2) is 0 Å². The standard InChI is InChI=1S/C15H15BrClN/c1-10-5-3-4-6-12(10)15(18-2)11-7-8-13(16)14(17)9-11/h3-9,15,18H,1-2H3. The molecule has 0 bridgehead atoms. The third-order valence-electron chi connectivity index (χ3n) is 3.07. The van der Waals surface area contributed by atoms with Crippen molar-refractivity contribution in [1.82, 2.24) is 5.32 Å². The first-order valence-electron chi connectivity index (χ1n) is 5.81. The Kier molecular flexibility index (Phi) is 4.44. The van der Waals surface area contributed by atoms with Crippen LogP contribution >= 0.6 is 27.5 Å². The van der Waals surface area contributed by atoms with E-state index >= 15 is 0 Å². The second-order valence-electron chi connectivity index (χ2n) is 4.25. The maximum absolute atomic E-state index is 6.17. The van der Waals surface area contributed by atoms with E-state index in [-0.39, 0.29) is 6.04 Å². The van der Waals surface area contributed by atoms with Gasteiger partial charge in [0.05, 0.1) is 11.1 Å². The molecule has 0 spiro atoms. The maximum Gasteiger partial charge on any atom is 0.0577 e. The second-order valence-corrected chi connectivity index (χ2v) is 5.51. The Labute approximate surface area is 121 Å². The van der Waals surface area contributed by atoms with Gasteiger partial charge < -0.3 is 5.32 Å². The van der Waals surface area contributed by atoms with Crippen molar-refractivity contribution in [2.75, 3.05) is 7.05 Å². The minimum absolute atomic E-state index is 0.164. The zero-order chi connectivity index (χ0) is 13.1. The summed E-state index contributed by atoms with van der Waals surface area (Å²) in [7, 11) is 1.97. The Balaban J connectivity index is 2.45. The first kappa shape index (κ1) is 13.6. The zero-order valence-electron chi connectivity index (χ0n) is 10.4. The molecule has 1 unspecified atom stereocenters. The van der Waals surface area contributed by atoms with Crippen LogP contribution in [0.15, 0.2) is 46.9 Å². The smallest absolute Gasteiger partial charge is 0.0577 e. The van der Waals surface area contributed by atoms with Gasteiger partial charge in [0, 0.05) is 4.47 Å². The number of halogens is 2. The van der Waals surface area contributed by atoms with E-state index in [4.69, 9.17) is 11.6 Å². The van der Waals surface area contributed by atoms with Gasteiger partial charge in [0.1, 0.15) is 0 Å². The SMILES string of the molecule is CNC(c1ccc(Br)c(Cl)c1)c1ccccc1C. The predicted octanol–water partition coefficient (Wildman–Crippen LogP) is 4.72. The van der Waals surface area contributed by atoms with Crippen LogP contribution in [0.25, 0.3) is 0 Å². The third kappa shape index (κ3) is 2.77. The summed E-state index contributed by atoms with van der Waals surface area (Å²) in [6.45, 7) is 2.13. The lowest BCUT2D eigenvalue weighted by atomic mass is 9.95. The molecule has 2 aromatic carbocycles. The van der Waals surface area contributed by atoms with Crippen molar-refractivity contribution in [2.24, 2.45) is 0 Å². The normalized spacial score (nSPS) is 12.4. The van der Waals surface area contributed by atoms with Crippen LogP contribution in [-0.2, 0) is 0 Å². The van der Waals surface area contributed by atoms with E-state index in [1.807, 2.05) is 19.2 Å². The molecule has 2 aromatic rings. The Morgan fingerprint density at radius 2 is 1.89 bits per heavy atom. The molecular weight excluding hydrogens is 310 g/mol. The Hall–Kier alpha value is -0.830. The third-order valence-corrected chi connectivity index (χ3v) is 4.30. The number of nitrogens with one attached hydrogen (secondary N) is 1. The first-order valence-corrected chi connectivity index (χ1v) is 6.98. The fraction of sp³-hybridized carbons (Fsp3) is 0.200. The average molecular weight is 325 g/mol. The Morgan fingerprint density at radius 3 is 2.50 bits per heavy atom. The summed E-state index contributed by atoms with van der Waals surface area (Å²) in [6.07, 6.45) is 0. The van der Waals surface area contributed by atoms with Crippen molar-refractivity contribution < 1.29 is 0 Å². The monoisotopic (exact) mass is 323 g/mol. The molecule has 0 aliphatic heterocycles. The Bertz CT molecular complexity index is 554. The molecule has 1 atom stereocenters. The van der Waals surface area contributed by atoms with Gasteiger partial charge in [-0.15, -0.1) is 0 Å². The lowest BCUT2D eigenvalue weighted by Crippen LogP contribution is -2.18. The van der Waals surface area contributed by atoms with Gasteiger partial charge in [0.15, 0.2) is 0 Å². The van der Waals surface area contributed by atoms with Crippen LogP contribution in [0.3, 0.4) is 0 Å². The molecule has 1 N–H and O–H groups in total. The highest BCUT2D eigenvalue weighted by Gasteiger charge is 2.14. The molecule has 0 heterocycles. The van der Waals surface area contributed by atoms with E-state index in [0.29, 0.717) is 0 Å². The van der Waals surface area contributed by atoms with Gasteiger partial charge in [-0.1, -0.05) is 41.9 Å². The topological polar surface area (TPSA) is 12.0 Å². The van der Waals surface area contributed by atoms with E-state index < -0.39 is 0 Å². The fourth-order valence-corrected chi connectivity index (χ4v) is 2.54. The van der Waals surface area contributed by atoms with Gasteiger partial charge in [0.25, 0.3) is 0 Å². The fourth-order valence-electron chi connectivity index (χ4n) is 2.10. The van der Waals surface area contributed by atoms with Gasteiger partial charge >= 0.3 is 0 Å². The molecule has 0 saturated carbocycles. The number of aryl methyl sites for hydroxylation is 1. The summed E-state index contributed by atoms with van der Waals surface area (Å²) < 4.78 is 0.924. The highest BCUT2D eigenvalue weighted by molar-refractivity contribution is 9.10. The summed E-state index contributed by atoms with van der Waals surface area (Å²) in [5.74, 6) is 0. The van der Waals surface area contributed by atoms with E-state index in [2.05, 4.69) is 58.5 Å². The zero-order valence-corrected chi connectivity index (χ0v) is 12.7. The number of hydrogen-bond donors (Lipinski definition) is 1. The van der Waals surface area contributed by atoms with Crippen molar-refractivity contribution in [2.45, 2.75) is 13.0 Å². The quantitative estimate of drug-likeness (QED) is 0.861. The van der Waals surface area contributed by atoms with Crippen LogP contribution in [0, 0.1) is 6.92 Å². The summed E-state index contributed by atoms with van der Waals surface area (Å²) in [5.41, 5.74) is 3.72.